The van der Waals surface area contributed by atoms with Gasteiger partial charge in [-0.2, -0.15) is 0 Å². The van der Waals surface area contributed by atoms with Gasteiger partial charge >= 0.3 is 0 Å². The van der Waals surface area contributed by atoms with Crippen LogP contribution in [0.1, 0.15) is 28.1 Å². The van der Waals surface area contributed by atoms with E-state index in [4.69, 9.17) is 9.40 Å². The molecule has 0 spiro atoms. The van der Waals surface area contributed by atoms with Crippen LogP contribution in [0.4, 0.5) is 5.13 Å². The van der Waals surface area contributed by atoms with E-state index in [0.29, 0.717) is 17.4 Å². The summed E-state index contributed by atoms with van der Waals surface area (Å²) < 4.78 is 8.47. The zero-order valence-electron chi connectivity index (χ0n) is 15.3. The van der Waals surface area contributed by atoms with Crippen LogP contribution in [0.15, 0.2) is 53.7 Å². The molecule has 0 aliphatic rings. The van der Waals surface area contributed by atoms with Crippen LogP contribution < -0.4 is 4.90 Å². The lowest BCUT2D eigenvalue weighted by atomic mass is 10.1. The molecule has 1 amide bonds. The zero-order chi connectivity index (χ0) is 18.8. The summed E-state index contributed by atoms with van der Waals surface area (Å²) in [6.07, 6.45) is 7.76. The standard InChI is InChI=1S/C20H20N4O2S/c1-14-6-7-15(2)18-17(14)22-20(27-18)24(19(25)16-5-3-12-26-16)10-4-9-23-11-8-21-13-23/h3,5-8,11-13H,4,9-10H2,1-2H3. The van der Waals surface area contributed by atoms with E-state index < -0.39 is 0 Å². The Kier molecular flexibility index (Phi) is 4.77. The Morgan fingerprint density at radius 1 is 1.26 bits per heavy atom. The van der Waals surface area contributed by atoms with Gasteiger partial charge in [0.25, 0.3) is 5.91 Å². The molecule has 0 N–H and O–H groups in total. The molecule has 0 unspecified atom stereocenters. The first kappa shape index (κ1) is 17.5. The van der Waals surface area contributed by atoms with Crippen LogP contribution in [0.3, 0.4) is 0 Å². The lowest BCUT2D eigenvalue weighted by Crippen LogP contribution is -2.32. The summed E-state index contributed by atoms with van der Waals surface area (Å²) >= 11 is 1.55. The predicted octanol–water partition coefficient (Wildman–Crippen LogP) is 4.44. The molecule has 0 atom stereocenters. The number of benzene rings is 1. The summed E-state index contributed by atoms with van der Waals surface area (Å²) in [6, 6.07) is 7.58. The third kappa shape index (κ3) is 3.50. The molecule has 0 saturated carbocycles. The molecule has 0 saturated heterocycles. The number of carbonyl (C=O) groups excluding carboxylic acids is 1. The summed E-state index contributed by atoms with van der Waals surface area (Å²) in [5, 5.41) is 0.703. The number of aryl methyl sites for hydroxylation is 3. The molecule has 0 aliphatic carbocycles. The normalized spacial score (nSPS) is 11.2. The van der Waals surface area contributed by atoms with E-state index in [0.717, 1.165) is 28.7 Å². The van der Waals surface area contributed by atoms with Gasteiger partial charge in [-0.05, 0) is 43.5 Å². The molecular formula is C20H20N4O2S. The van der Waals surface area contributed by atoms with E-state index in [1.807, 2.05) is 17.7 Å². The second-order valence-corrected chi connectivity index (χ2v) is 7.44. The van der Waals surface area contributed by atoms with Crippen LogP contribution >= 0.6 is 11.3 Å². The molecule has 0 bridgehead atoms. The lowest BCUT2D eigenvalue weighted by Gasteiger charge is -2.18. The summed E-state index contributed by atoms with van der Waals surface area (Å²) in [7, 11) is 0. The number of amides is 1. The van der Waals surface area contributed by atoms with Crippen LogP contribution in [0.2, 0.25) is 0 Å². The fourth-order valence-electron chi connectivity index (χ4n) is 3.01. The molecule has 3 aromatic heterocycles. The number of hydrogen-bond acceptors (Lipinski definition) is 5. The van der Waals surface area contributed by atoms with Crippen molar-refractivity contribution in [3.05, 3.63) is 66.1 Å². The Hall–Kier alpha value is -2.93. The second-order valence-electron chi connectivity index (χ2n) is 6.46. The monoisotopic (exact) mass is 380 g/mol. The van der Waals surface area contributed by atoms with Crippen molar-refractivity contribution in [2.45, 2.75) is 26.8 Å². The molecule has 1 aromatic carbocycles. The summed E-state index contributed by atoms with van der Waals surface area (Å²) in [5.74, 6) is 0.158. The summed E-state index contributed by atoms with van der Waals surface area (Å²) in [4.78, 5) is 23.6. The molecule has 4 rings (SSSR count). The third-order valence-electron chi connectivity index (χ3n) is 4.50. The van der Waals surface area contributed by atoms with Crippen LogP contribution in [0, 0.1) is 13.8 Å². The van der Waals surface area contributed by atoms with Gasteiger partial charge in [-0.3, -0.25) is 9.69 Å². The average molecular weight is 380 g/mol. The van der Waals surface area contributed by atoms with Gasteiger partial charge in [0.15, 0.2) is 10.9 Å². The molecule has 3 heterocycles. The fraction of sp³-hybridized carbons (Fsp3) is 0.250. The lowest BCUT2D eigenvalue weighted by molar-refractivity contribution is 0.0959. The van der Waals surface area contributed by atoms with Gasteiger partial charge in [0.05, 0.1) is 22.8 Å². The van der Waals surface area contributed by atoms with Crippen LogP contribution in [-0.2, 0) is 6.54 Å². The van der Waals surface area contributed by atoms with E-state index in [9.17, 15) is 4.79 Å². The molecule has 0 fully saturated rings. The number of aromatic nitrogens is 3. The van der Waals surface area contributed by atoms with Gasteiger partial charge in [0.2, 0.25) is 0 Å². The molecule has 7 heteroatoms. The second kappa shape index (κ2) is 7.36. The molecular weight excluding hydrogens is 360 g/mol. The number of rotatable bonds is 6. The van der Waals surface area contributed by atoms with Crippen molar-refractivity contribution < 1.29 is 9.21 Å². The number of thiazole rings is 1. The summed E-state index contributed by atoms with van der Waals surface area (Å²) in [6.45, 7) is 5.45. The number of nitrogens with zero attached hydrogens (tertiary/aromatic N) is 4. The number of furan rings is 1. The van der Waals surface area contributed by atoms with Crippen LogP contribution in [-0.4, -0.2) is 27.0 Å². The first-order valence-electron chi connectivity index (χ1n) is 8.81. The largest absolute Gasteiger partial charge is 0.459 e. The number of anilines is 1. The van der Waals surface area contributed by atoms with Crippen molar-refractivity contribution in [3.63, 3.8) is 0 Å². The molecule has 0 aliphatic heterocycles. The van der Waals surface area contributed by atoms with Gasteiger partial charge in [-0.15, -0.1) is 0 Å². The minimum Gasteiger partial charge on any atom is -0.459 e. The SMILES string of the molecule is Cc1ccc(C)c2sc(N(CCCn3ccnc3)C(=O)c3ccco3)nc12. The van der Waals surface area contributed by atoms with E-state index in [1.54, 1.807) is 40.9 Å². The van der Waals surface area contributed by atoms with Crippen molar-refractivity contribution in [3.8, 4) is 0 Å². The maximum absolute atomic E-state index is 13.0. The van der Waals surface area contributed by atoms with Gasteiger partial charge in [0.1, 0.15) is 0 Å². The van der Waals surface area contributed by atoms with Gasteiger partial charge in [0, 0.05) is 25.5 Å². The average Bonchev–Trinajstić information content (AvgIpc) is 3.42. The Morgan fingerprint density at radius 2 is 2.11 bits per heavy atom. The highest BCUT2D eigenvalue weighted by atomic mass is 32.1. The first-order valence-corrected chi connectivity index (χ1v) is 9.63. The Morgan fingerprint density at radius 3 is 2.81 bits per heavy atom. The van der Waals surface area contributed by atoms with Gasteiger partial charge in [-0.1, -0.05) is 23.5 Å². The van der Waals surface area contributed by atoms with Crippen molar-refractivity contribution in [1.82, 2.24) is 14.5 Å². The highest BCUT2D eigenvalue weighted by Gasteiger charge is 2.23. The Balaban J connectivity index is 1.65. The third-order valence-corrected chi connectivity index (χ3v) is 5.71. The molecule has 27 heavy (non-hydrogen) atoms. The van der Waals surface area contributed by atoms with Crippen LogP contribution in [0.5, 0.6) is 0 Å². The minimum absolute atomic E-state index is 0.167. The van der Waals surface area contributed by atoms with E-state index in [1.165, 1.54) is 11.8 Å². The number of hydrogen-bond donors (Lipinski definition) is 0. The highest BCUT2D eigenvalue weighted by molar-refractivity contribution is 7.22. The van der Waals surface area contributed by atoms with Crippen molar-refractivity contribution in [1.29, 1.82) is 0 Å². The molecule has 0 radical (unpaired) electrons. The number of carbonyl (C=O) groups is 1. The minimum atomic E-state index is -0.167. The van der Waals surface area contributed by atoms with Crippen molar-refractivity contribution in [2.24, 2.45) is 0 Å². The van der Waals surface area contributed by atoms with E-state index in [2.05, 4.69) is 24.0 Å². The topological polar surface area (TPSA) is 64.2 Å². The van der Waals surface area contributed by atoms with Crippen LogP contribution in [0.25, 0.3) is 10.2 Å². The maximum atomic E-state index is 13.0. The van der Waals surface area contributed by atoms with Gasteiger partial charge < -0.3 is 8.98 Å². The first-order chi connectivity index (χ1) is 13.1. The van der Waals surface area contributed by atoms with E-state index in [-0.39, 0.29) is 5.91 Å². The molecule has 6 nitrogen and oxygen atoms in total. The highest BCUT2D eigenvalue weighted by Crippen LogP contribution is 2.33. The fourth-order valence-corrected chi connectivity index (χ4v) is 4.15. The molecule has 138 valence electrons. The number of imidazole rings is 1. The van der Waals surface area contributed by atoms with Crippen molar-refractivity contribution >= 4 is 32.6 Å². The Bertz CT molecular complexity index is 1010. The predicted molar refractivity (Wildman–Crippen MR) is 106 cm³/mol. The van der Waals surface area contributed by atoms with Crippen molar-refractivity contribution in [2.75, 3.05) is 11.4 Å². The quantitative estimate of drug-likeness (QED) is 0.496. The van der Waals surface area contributed by atoms with Gasteiger partial charge in [-0.25, -0.2) is 9.97 Å². The number of fused-ring (bicyclic) bond motifs is 1. The molecule has 4 aromatic rings. The van der Waals surface area contributed by atoms with E-state index >= 15 is 0 Å². The zero-order valence-corrected chi connectivity index (χ0v) is 16.1. The maximum Gasteiger partial charge on any atom is 0.295 e. The Labute approximate surface area is 161 Å². The summed E-state index contributed by atoms with van der Waals surface area (Å²) in [5.41, 5.74) is 3.24. The smallest absolute Gasteiger partial charge is 0.295 e.